The quantitative estimate of drug-likeness (QED) is 0.487. The lowest BCUT2D eigenvalue weighted by molar-refractivity contribution is 0.850. The van der Waals surface area contributed by atoms with Crippen molar-refractivity contribution < 1.29 is 0 Å². The fourth-order valence-electron chi connectivity index (χ4n) is 1.54. The zero-order valence-corrected chi connectivity index (χ0v) is 13.8. The fraction of sp³-hybridized carbons (Fsp3) is 0.333. The van der Waals surface area contributed by atoms with Crippen LogP contribution in [0.5, 0.6) is 0 Å². The Bertz CT molecular complexity index is 544. The summed E-state index contributed by atoms with van der Waals surface area (Å²) in [6.07, 6.45) is 0. The number of halogens is 1. The van der Waals surface area contributed by atoms with Crippen molar-refractivity contribution in [3.05, 3.63) is 28.7 Å². The molecule has 0 radical (unpaired) electrons. The van der Waals surface area contributed by atoms with E-state index in [1.807, 2.05) is 36.0 Å². The summed E-state index contributed by atoms with van der Waals surface area (Å²) in [6, 6.07) is 7.86. The van der Waals surface area contributed by atoms with Crippen LogP contribution in [0.2, 0.25) is 0 Å². The lowest BCUT2D eigenvalue weighted by atomic mass is 10.2. The number of rotatable bonds is 6. The van der Waals surface area contributed by atoms with Crippen molar-refractivity contribution in [2.45, 2.75) is 12.1 Å². The van der Waals surface area contributed by atoms with E-state index in [0.29, 0.717) is 5.82 Å². The van der Waals surface area contributed by atoms with Crippen LogP contribution < -0.4 is 5.84 Å². The minimum atomic E-state index is 0.679. The minimum Gasteiger partial charge on any atom is -0.335 e. The molecule has 1 aromatic heterocycles. The molecule has 19 heavy (non-hydrogen) atoms. The summed E-state index contributed by atoms with van der Waals surface area (Å²) in [6.45, 7) is 2.16. The van der Waals surface area contributed by atoms with Crippen molar-refractivity contribution in [2.75, 3.05) is 23.1 Å². The van der Waals surface area contributed by atoms with Gasteiger partial charge in [-0.05, 0) is 17.9 Å². The lowest BCUT2D eigenvalue weighted by Crippen LogP contribution is -2.12. The molecule has 0 aliphatic carbocycles. The van der Waals surface area contributed by atoms with Gasteiger partial charge in [0.25, 0.3) is 0 Å². The Morgan fingerprint density at radius 3 is 2.79 bits per heavy atom. The Hall–Kier alpha value is -0.660. The van der Waals surface area contributed by atoms with E-state index in [9.17, 15) is 0 Å². The second-order valence-corrected chi connectivity index (χ2v) is 7.01. The molecular weight excluding hydrogens is 344 g/mol. The van der Waals surface area contributed by atoms with Crippen molar-refractivity contribution in [3.63, 3.8) is 0 Å². The zero-order valence-electron chi connectivity index (χ0n) is 10.5. The lowest BCUT2D eigenvalue weighted by Gasteiger charge is -2.05. The van der Waals surface area contributed by atoms with E-state index >= 15 is 0 Å². The molecule has 0 bridgehead atoms. The third kappa shape index (κ3) is 3.67. The van der Waals surface area contributed by atoms with Crippen LogP contribution in [0.15, 0.2) is 33.9 Å². The van der Waals surface area contributed by atoms with Gasteiger partial charge in [0.05, 0.1) is 0 Å². The van der Waals surface area contributed by atoms with Gasteiger partial charge in [0.2, 0.25) is 5.16 Å². The van der Waals surface area contributed by atoms with Gasteiger partial charge >= 0.3 is 0 Å². The Morgan fingerprint density at radius 1 is 1.26 bits per heavy atom. The SMILES string of the molecule is CCSCCSc1nnc(-c2ccccc2Br)n1N. The molecule has 2 N–H and O–H groups in total. The number of nitrogen functional groups attached to an aromatic ring is 1. The van der Waals surface area contributed by atoms with Crippen LogP contribution in [-0.4, -0.2) is 32.1 Å². The van der Waals surface area contributed by atoms with Gasteiger partial charge in [-0.15, -0.1) is 10.2 Å². The van der Waals surface area contributed by atoms with Gasteiger partial charge in [0.15, 0.2) is 5.82 Å². The maximum atomic E-state index is 6.06. The first-order valence-corrected chi connectivity index (χ1v) is 8.83. The maximum absolute atomic E-state index is 6.06. The number of hydrogen-bond donors (Lipinski definition) is 1. The first kappa shape index (κ1) is 14.7. The van der Waals surface area contributed by atoms with Crippen molar-refractivity contribution in [2.24, 2.45) is 0 Å². The predicted octanol–water partition coefficient (Wildman–Crippen LogP) is 3.27. The van der Waals surface area contributed by atoms with Gasteiger partial charge in [-0.1, -0.05) is 46.7 Å². The summed E-state index contributed by atoms with van der Waals surface area (Å²) in [5, 5.41) is 9.08. The van der Waals surface area contributed by atoms with Crippen LogP contribution in [0, 0.1) is 0 Å². The van der Waals surface area contributed by atoms with Crippen LogP contribution >= 0.6 is 39.5 Å². The van der Waals surface area contributed by atoms with Gasteiger partial charge in [-0.2, -0.15) is 11.8 Å². The average molecular weight is 359 g/mol. The zero-order chi connectivity index (χ0) is 13.7. The third-order valence-electron chi connectivity index (χ3n) is 2.44. The highest BCUT2D eigenvalue weighted by atomic mass is 79.9. The second-order valence-electron chi connectivity index (χ2n) is 3.70. The number of benzene rings is 1. The molecule has 4 nitrogen and oxygen atoms in total. The highest BCUT2D eigenvalue weighted by Crippen LogP contribution is 2.27. The Labute approximate surface area is 129 Å². The standard InChI is InChI=1S/C12H15BrN4S2/c1-2-18-7-8-19-12-16-15-11(17(12)14)9-5-3-4-6-10(9)13/h3-6H,2,7-8,14H2,1H3. The minimum absolute atomic E-state index is 0.679. The van der Waals surface area contributed by atoms with E-state index in [0.717, 1.165) is 32.5 Å². The van der Waals surface area contributed by atoms with Crippen LogP contribution in [0.3, 0.4) is 0 Å². The molecule has 1 aromatic carbocycles. The number of aromatic nitrogens is 3. The number of hydrogen-bond acceptors (Lipinski definition) is 5. The summed E-state index contributed by atoms with van der Waals surface area (Å²) < 4.78 is 2.52. The molecule has 0 unspecified atom stereocenters. The highest BCUT2D eigenvalue weighted by molar-refractivity contribution is 9.10. The van der Waals surface area contributed by atoms with E-state index in [-0.39, 0.29) is 0 Å². The van der Waals surface area contributed by atoms with Gasteiger partial charge in [0.1, 0.15) is 0 Å². The van der Waals surface area contributed by atoms with Crippen LogP contribution in [0.25, 0.3) is 11.4 Å². The molecule has 0 fully saturated rings. The molecule has 2 aromatic rings. The van der Waals surface area contributed by atoms with Crippen LogP contribution in [0.1, 0.15) is 6.92 Å². The Kier molecular flexibility index (Phi) is 5.59. The monoisotopic (exact) mass is 358 g/mol. The second kappa shape index (κ2) is 7.21. The van der Waals surface area contributed by atoms with Gasteiger partial charge in [-0.3, -0.25) is 0 Å². The molecule has 0 aliphatic rings. The van der Waals surface area contributed by atoms with E-state index in [2.05, 4.69) is 33.1 Å². The average Bonchev–Trinajstić information content (AvgIpc) is 2.77. The highest BCUT2D eigenvalue weighted by Gasteiger charge is 2.13. The van der Waals surface area contributed by atoms with Crippen molar-refractivity contribution in [1.29, 1.82) is 0 Å². The van der Waals surface area contributed by atoms with E-state index in [4.69, 9.17) is 5.84 Å². The molecule has 102 valence electrons. The summed E-state index contributed by atoms with van der Waals surface area (Å²) in [5.74, 6) is 9.96. The molecular formula is C12H15BrN4S2. The first-order valence-electron chi connectivity index (χ1n) is 5.90. The largest absolute Gasteiger partial charge is 0.335 e. The molecule has 0 saturated carbocycles. The number of thioether (sulfide) groups is 2. The third-order valence-corrected chi connectivity index (χ3v) is 5.24. The molecule has 0 atom stereocenters. The molecule has 1 heterocycles. The molecule has 0 saturated heterocycles. The van der Waals surface area contributed by atoms with Crippen molar-refractivity contribution in [1.82, 2.24) is 14.9 Å². The normalized spacial score (nSPS) is 10.8. The topological polar surface area (TPSA) is 56.7 Å². The molecule has 0 amide bonds. The molecule has 0 spiro atoms. The summed E-state index contributed by atoms with van der Waals surface area (Å²) in [7, 11) is 0. The van der Waals surface area contributed by atoms with Gasteiger partial charge < -0.3 is 5.84 Å². The first-order chi connectivity index (χ1) is 9.24. The smallest absolute Gasteiger partial charge is 0.210 e. The van der Waals surface area contributed by atoms with E-state index < -0.39 is 0 Å². The predicted molar refractivity (Wildman–Crippen MR) is 87.0 cm³/mol. The Balaban J connectivity index is 2.12. The van der Waals surface area contributed by atoms with Crippen LogP contribution in [0.4, 0.5) is 0 Å². The number of nitrogens with two attached hydrogens (primary N) is 1. The fourth-order valence-corrected chi connectivity index (χ4v) is 3.60. The summed E-state index contributed by atoms with van der Waals surface area (Å²) in [4.78, 5) is 0. The van der Waals surface area contributed by atoms with Gasteiger partial charge in [0, 0.05) is 21.5 Å². The molecule has 7 heteroatoms. The van der Waals surface area contributed by atoms with Crippen LogP contribution in [-0.2, 0) is 0 Å². The van der Waals surface area contributed by atoms with Crippen molar-refractivity contribution in [3.8, 4) is 11.4 Å². The van der Waals surface area contributed by atoms with Gasteiger partial charge in [-0.25, -0.2) is 4.68 Å². The number of nitrogens with zero attached hydrogens (tertiary/aromatic N) is 3. The van der Waals surface area contributed by atoms with E-state index in [1.165, 1.54) is 0 Å². The van der Waals surface area contributed by atoms with Crippen molar-refractivity contribution >= 4 is 39.5 Å². The molecule has 2 rings (SSSR count). The Morgan fingerprint density at radius 2 is 2.05 bits per heavy atom. The maximum Gasteiger partial charge on any atom is 0.210 e. The summed E-state index contributed by atoms with van der Waals surface area (Å²) >= 11 is 7.05. The summed E-state index contributed by atoms with van der Waals surface area (Å²) in [5.41, 5.74) is 0.951. The molecule has 0 aliphatic heterocycles. The van der Waals surface area contributed by atoms with E-state index in [1.54, 1.807) is 16.4 Å².